The number of methoxy groups -OCH3 is 2. The summed E-state index contributed by atoms with van der Waals surface area (Å²) in [6.07, 6.45) is 2.03. The maximum atomic E-state index is 11.9. The Morgan fingerprint density at radius 3 is 2.67 bits per heavy atom. The number of nitrogens with one attached hydrogen (secondary N) is 2. The minimum Gasteiger partial charge on any atom is -0.493 e. The van der Waals surface area contributed by atoms with Crippen LogP contribution in [0.5, 0.6) is 11.5 Å². The molecule has 2 amide bonds. The fourth-order valence-corrected chi connectivity index (χ4v) is 2.26. The second-order valence-electron chi connectivity index (χ2n) is 5.48. The minimum atomic E-state index is -0.851. The zero-order valence-electron chi connectivity index (χ0n) is 12.6. The van der Waals surface area contributed by atoms with Crippen LogP contribution in [-0.4, -0.2) is 37.5 Å². The lowest BCUT2D eigenvalue weighted by molar-refractivity contribution is 0.0398. The van der Waals surface area contributed by atoms with Crippen LogP contribution >= 0.6 is 0 Å². The highest BCUT2D eigenvalue weighted by Crippen LogP contribution is 2.39. The quantitative estimate of drug-likeness (QED) is 0.749. The first-order valence-electron chi connectivity index (χ1n) is 6.96. The molecule has 1 aromatic carbocycles. The van der Waals surface area contributed by atoms with Crippen LogP contribution in [-0.2, 0) is 0 Å². The van der Waals surface area contributed by atoms with Gasteiger partial charge in [0.05, 0.1) is 25.5 Å². The average molecular weight is 294 g/mol. The van der Waals surface area contributed by atoms with Crippen molar-refractivity contribution in [3.8, 4) is 11.5 Å². The number of carbonyl (C=O) groups is 1. The molecule has 1 saturated carbocycles. The van der Waals surface area contributed by atoms with E-state index in [4.69, 9.17) is 9.47 Å². The van der Waals surface area contributed by atoms with Gasteiger partial charge in [-0.15, -0.1) is 0 Å². The summed E-state index contributed by atoms with van der Waals surface area (Å²) in [5.74, 6) is 1.29. The van der Waals surface area contributed by atoms with E-state index in [-0.39, 0.29) is 18.5 Å². The van der Waals surface area contributed by atoms with Gasteiger partial charge in [-0.3, -0.25) is 0 Å². The molecule has 0 bridgehead atoms. The van der Waals surface area contributed by atoms with Crippen LogP contribution in [0.1, 0.15) is 19.8 Å². The van der Waals surface area contributed by atoms with Gasteiger partial charge >= 0.3 is 6.03 Å². The van der Waals surface area contributed by atoms with Crippen molar-refractivity contribution in [3.05, 3.63) is 18.2 Å². The van der Waals surface area contributed by atoms with E-state index >= 15 is 0 Å². The van der Waals surface area contributed by atoms with Crippen molar-refractivity contribution in [1.82, 2.24) is 5.32 Å². The first-order valence-corrected chi connectivity index (χ1v) is 6.96. The molecule has 1 aliphatic carbocycles. The minimum absolute atomic E-state index is 0.218. The van der Waals surface area contributed by atoms with Crippen molar-refractivity contribution in [1.29, 1.82) is 0 Å². The Labute approximate surface area is 124 Å². The number of rotatable bonds is 6. The summed E-state index contributed by atoms with van der Waals surface area (Å²) in [7, 11) is 3.05. The van der Waals surface area contributed by atoms with E-state index in [1.54, 1.807) is 25.1 Å². The van der Waals surface area contributed by atoms with Crippen LogP contribution in [0.25, 0.3) is 0 Å². The second-order valence-corrected chi connectivity index (χ2v) is 5.48. The van der Waals surface area contributed by atoms with Gasteiger partial charge in [0.1, 0.15) is 0 Å². The Balaban J connectivity index is 1.96. The molecule has 6 nitrogen and oxygen atoms in total. The van der Waals surface area contributed by atoms with E-state index in [1.807, 2.05) is 0 Å². The highest BCUT2D eigenvalue weighted by Gasteiger charge is 2.39. The largest absolute Gasteiger partial charge is 0.493 e. The lowest BCUT2D eigenvalue weighted by Gasteiger charge is -2.23. The number of hydrogen-bond donors (Lipinski definition) is 3. The predicted molar refractivity (Wildman–Crippen MR) is 79.9 cm³/mol. The van der Waals surface area contributed by atoms with Crippen molar-refractivity contribution in [2.45, 2.75) is 25.4 Å². The van der Waals surface area contributed by atoms with E-state index in [2.05, 4.69) is 10.6 Å². The van der Waals surface area contributed by atoms with Gasteiger partial charge in [-0.2, -0.15) is 0 Å². The van der Waals surface area contributed by atoms with Gasteiger partial charge in [0.15, 0.2) is 11.5 Å². The summed E-state index contributed by atoms with van der Waals surface area (Å²) in [4.78, 5) is 11.9. The lowest BCUT2D eigenvalue weighted by Crippen LogP contribution is -2.43. The third-order valence-electron chi connectivity index (χ3n) is 3.71. The molecule has 2 rings (SSSR count). The van der Waals surface area contributed by atoms with E-state index in [9.17, 15) is 9.90 Å². The SMILES string of the molecule is COc1cccc(NC(=O)NCC(C)(O)C2CC2)c1OC. The highest BCUT2D eigenvalue weighted by atomic mass is 16.5. The Bertz CT molecular complexity index is 512. The number of carbonyl (C=O) groups excluding carboxylic acids is 1. The van der Waals surface area contributed by atoms with Gasteiger partial charge in [-0.05, 0) is 37.8 Å². The topological polar surface area (TPSA) is 79.8 Å². The van der Waals surface area contributed by atoms with Crippen molar-refractivity contribution >= 4 is 11.7 Å². The molecule has 0 heterocycles. The van der Waals surface area contributed by atoms with Crippen LogP contribution in [0, 0.1) is 5.92 Å². The Morgan fingerprint density at radius 2 is 2.10 bits per heavy atom. The van der Waals surface area contributed by atoms with Gasteiger partial charge in [-0.1, -0.05) is 6.07 Å². The molecule has 0 spiro atoms. The fraction of sp³-hybridized carbons (Fsp3) is 0.533. The molecule has 1 fully saturated rings. The highest BCUT2D eigenvalue weighted by molar-refractivity contribution is 5.91. The summed E-state index contributed by atoms with van der Waals surface area (Å²) < 4.78 is 10.4. The maximum absolute atomic E-state index is 11.9. The molecule has 3 N–H and O–H groups in total. The molecule has 21 heavy (non-hydrogen) atoms. The molecule has 1 aromatic rings. The number of urea groups is 1. The summed E-state index contributed by atoms with van der Waals surface area (Å²) >= 11 is 0. The van der Waals surface area contributed by atoms with E-state index in [0.717, 1.165) is 12.8 Å². The first-order chi connectivity index (χ1) is 9.97. The smallest absolute Gasteiger partial charge is 0.319 e. The van der Waals surface area contributed by atoms with Crippen LogP contribution in [0.2, 0.25) is 0 Å². The number of aliphatic hydroxyl groups is 1. The molecule has 0 aliphatic heterocycles. The molecule has 1 unspecified atom stereocenters. The normalized spacial score (nSPS) is 16.8. The van der Waals surface area contributed by atoms with Crippen LogP contribution in [0.4, 0.5) is 10.5 Å². The standard InChI is InChI=1S/C15H22N2O4/c1-15(19,10-7-8-10)9-16-14(18)17-11-5-4-6-12(20-2)13(11)21-3/h4-6,10,19H,7-9H2,1-3H3,(H2,16,17,18). The van der Waals surface area contributed by atoms with E-state index in [1.165, 1.54) is 14.2 Å². The molecule has 0 radical (unpaired) electrons. The summed E-state index contributed by atoms with van der Waals surface area (Å²) in [6, 6.07) is 4.85. The summed E-state index contributed by atoms with van der Waals surface area (Å²) in [5, 5.41) is 15.6. The van der Waals surface area contributed by atoms with Gasteiger partial charge in [0, 0.05) is 6.54 Å². The van der Waals surface area contributed by atoms with Gasteiger partial charge in [0.2, 0.25) is 0 Å². The Kier molecular flexibility index (Phi) is 4.57. The number of para-hydroxylation sites is 1. The van der Waals surface area contributed by atoms with E-state index < -0.39 is 5.60 Å². The monoisotopic (exact) mass is 294 g/mol. The number of anilines is 1. The molecular weight excluding hydrogens is 272 g/mol. The third-order valence-corrected chi connectivity index (χ3v) is 3.71. The zero-order valence-corrected chi connectivity index (χ0v) is 12.6. The second kappa shape index (κ2) is 6.22. The molecule has 1 atom stereocenters. The zero-order chi connectivity index (χ0) is 15.5. The van der Waals surface area contributed by atoms with Crippen LogP contribution in [0.3, 0.4) is 0 Å². The number of amides is 2. The average Bonchev–Trinajstić information content (AvgIpc) is 3.30. The number of ether oxygens (including phenoxy) is 2. The van der Waals surface area contributed by atoms with Gasteiger partial charge < -0.3 is 25.2 Å². The molecule has 6 heteroatoms. The molecule has 0 saturated heterocycles. The van der Waals surface area contributed by atoms with Gasteiger partial charge in [0.25, 0.3) is 0 Å². The van der Waals surface area contributed by atoms with Crippen molar-refractivity contribution in [2.24, 2.45) is 5.92 Å². The first kappa shape index (κ1) is 15.4. The predicted octanol–water partition coefficient (Wildman–Crippen LogP) is 1.99. The third kappa shape index (κ3) is 3.78. The fourth-order valence-electron chi connectivity index (χ4n) is 2.26. The van der Waals surface area contributed by atoms with Gasteiger partial charge in [-0.25, -0.2) is 4.79 Å². The Hall–Kier alpha value is -1.95. The molecule has 1 aliphatic rings. The summed E-state index contributed by atoms with van der Waals surface area (Å²) in [5.41, 5.74) is -0.337. The van der Waals surface area contributed by atoms with Crippen LogP contribution in [0.15, 0.2) is 18.2 Å². The summed E-state index contributed by atoms with van der Waals surface area (Å²) in [6.45, 7) is 1.97. The molecule has 116 valence electrons. The van der Waals surface area contributed by atoms with Crippen molar-refractivity contribution < 1.29 is 19.4 Å². The number of benzene rings is 1. The lowest BCUT2D eigenvalue weighted by atomic mass is 10.0. The van der Waals surface area contributed by atoms with E-state index in [0.29, 0.717) is 17.2 Å². The Morgan fingerprint density at radius 1 is 1.38 bits per heavy atom. The molecular formula is C15H22N2O4. The van der Waals surface area contributed by atoms with Crippen molar-refractivity contribution in [3.63, 3.8) is 0 Å². The maximum Gasteiger partial charge on any atom is 0.319 e. The number of hydrogen-bond acceptors (Lipinski definition) is 4. The van der Waals surface area contributed by atoms with Crippen LogP contribution < -0.4 is 20.1 Å². The van der Waals surface area contributed by atoms with Crippen molar-refractivity contribution in [2.75, 3.05) is 26.1 Å². The molecule has 0 aromatic heterocycles.